The van der Waals surface area contributed by atoms with Gasteiger partial charge in [-0.1, -0.05) is 0 Å². The molecule has 1 spiro atoms. The van der Waals surface area contributed by atoms with E-state index in [0.29, 0.717) is 13.1 Å². The van der Waals surface area contributed by atoms with E-state index in [1.165, 1.54) is 0 Å². The van der Waals surface area contributed by atoms with Crippen LogP contribution in [0, 0.1) is 0 Å². The van der Waals surface area contributed by atoms with Crippen molar-refractivity contribution in [1.29, 1.82) is 0 Å². The molecular weight excluding hydrogens is 234 g/mol. The van der Waals surface area contributed by atoms with E-state index in [4.69, 9.17) is 10.5 Å². The van der Waals surface area contributed by atoms with Crippen LogP contribution in [0.5, 0.6) is 0 Å². The highest BCUT2D eigenvalue weighted by molar-refractivity contribution is 5.96. The van der Waals surface area contributed by atoms with Gasteiger partial charge in [0.05, 0.1) is 12.2 Å². The number of nitrogens with zero attached hydrogens (tertiary/aromatic N) is 2. The molecular formula is C12H21N3O3. The minimum absolute atomic E-state index is 0.101. The van der Waals surface area contributed by atoms with Crippen LogP contribution in [0.2, 0.25) is 0 Å². The largest absolute Gasteiger partial charge is 0.372 e. The Balaban J connectivity index is 1.87. The summed E-state index contributed by atoms with van der Waals surface area (Å²) in [6, 6.07) is 0. The molecule has 2 aliphatic heterocycles. The molecule has 2 rings (SSSR count). The number of hydrogen-bond donors (Lipinski definition) is 1. The van der Waals surface area contributed by atoms with E-state index in [0.717, 1.165) is 32.5 Å². The van der Waals surface area contributed by atoms with Gasteiger partial charge >= 0.3 is 0 Å². The molecule has 2 saturated heterocycles. The van der Waals surface area contributed by atoms with Gasteiger partial charge in [-0.15, -0.1) is 0 Å². The number of piperidine rings is 1. The highest BCUT2D eigenvalue weighted by atomic mass is 16.5. The van der Waals surface area contributed by atoms with E-state index >= 15 is 0 Å². The Morgan fingerprint density at radius 1 is 1.28 bits per heavy atom. The fourth-order valence-corrected chi connectivity index (χ4v) is 2.76. The fourth-order valence-electron chi connectivity index (χ4n) is 2.76. The molecule has 0 radical (unpaired) electrons. The van der Waals surface area contributed by atoms with Gasteiger partial charge in [0, 0.05) is 26.2 Å². The van der Waals surface area contributed by atoms with Crippen LogP contribution in [-0.2, 0) is 14.3 Å². The van der Waals surface area contributed by atoms with Crippen LogP contribution in [0.3, 0.4) is 0 Å². The lowest BCUT2D eigenvalue weighted by Gasteiger charge is -2.46. The van der Waals surface area contributed by atoms with Crippen LogP contribution in [0.15, 0.2) is 0 Å². The van der Waals surface area contributed by atoms with E-state index in [2.05, 4.69) is 11.9 Å². The minimum Gasteiger partial charge on any atom is -0.372 e. The van der Waals surface area contributed by atoms with Gasteiger partial charge in [0.15, 0.2) is 0 Å². The third kappa shape index (κ3) is 3.00. The normalized spacial score (nSPS) is 24.2. The van der Waals surface area contributed by atoms with Crippen molar-refractivity contribution in [3.8, 4) is 0 Å². The summed E-state index contributed by atoms with van der Waals surface area (Å²) in [4.78, 5) is 26.4. The predicted molar refractivity (Wildman–Crippen MR) is 65.8 cm³/mol. The number of nitrogens with two attached hydrogens (primary N) is 1. The number of likely N-dealkylation sites (N-methyl/N-ethyl adjacent to an activating group) is 1. The van der Waals surface area contributed by atoms with Gasteiger partial charge in [-0.05, 0) is 19.9 Å². The summed E-state index contributed by atoms with van der Waals surface area (Å²) in [5.41, 5.74) is 4.94. The zero-order valence-electron chi connectivity index (χ0n) is 10.9. The maximum Gasteiger partial charge on any atom is 0.231 e. The summed E-state index contributed by atoms with van der Waals surface area (Å²) >= 11 is 0. The molecule has 0 aromatic carbocycles. The van der Waals surface area contributed by atoms with Crippen LogP contribution < -0.4 is 5.73 Å². The number of ether oxygens (including phenoxy) is 1. The summed E-state index contributed by atoms with van der Waals surface area (Å²) in [5, 5.41) is 0. The van der Waals surface area contributed by atoms with Crippen LogP contribution in [-0.4, -0.2) is 67.0 Å². The number of likely N-dealkylation sites (tertiary alicyclic amines) is 1. The highest BCUT2D eigenvalue weighted by Crippen LogP contribution is 2.29. The molecule has 0 aliphatic carbocycles. The quantitative estimate of drug-likeness (QED) is 0.654. The fraction of sp³-hybridized carbons (Fsp3) is 0.833. The average Bonchev–Trinajstić information content (AvgIpc) is 2.28. The van der Waals surface area contributed by atoms with Crippen molar-refractivity contribution in [3.05, 3.63) is 0 Å². The van der Waals surface area contributed by atoms with Crippen molar-refractivity contribution in [3.63, 3.8) is 0 Å². The van der Waals surface area contributed by atoms with Crippen molar-refractivity contribution in [2.75, 3.05) is 39.8 Å². The molecule has 2 aliphatic rings. The lowest BCUT2D eigenvalue weighted by molar-refractivity contribution is -0.149. The first-order chi connectivity index (χ1) is 8.51. The standard InChI is InChI=1S/C12H21N3O3/c1-14-6-7-18-12(9-14)2-4-15(5-3-12)11(17)8-10(13)16/h2-9H2,1H3,(H2,13,16). The van der Waals surface area contributed by atoms with E-state index in [9.17, 15) is 9.59 Å². The molecule has 2 heterocycles. The molecule has 0 saturated carbocycles. The van der Waals surface area contributed by atoms with Crippen LogP contribution in [0.25, 0.3) is 0 Å². The van der Waals surface area contributed by atoms with Crippen molar-refractivity contribution in [2.45, 2.75) is 24.9 Å². The predicted octanol–water partition coefficient (Wildman–Crippen LogP) is -0.815. The number of carbonyl (C=O) groups is 2. The zero-order valence-corrected chi connectivity index (χ0v) is 10.9. The molecule has 0 bridgehead atoms. The van der Waals surface area contributed by atoms with E-state index < -0.39 is 5.91 Å². The lowest BCUT2D eigenvalue weighted by Crippen LogP contribution is -2.56. The van der Waals surface area contributed by atoms with Gasteiger partial charge in [-0.25, -0.2) is 0 Å². The smallest absolute Gasteiger partial charge is 0.231 e. The maximum absolute atomic E-state index is 11.7. The van der Waals surface area contributed by atoms with Gasteiger partial charge in [-0.3, -0.25) is 9.59 Å². The second kappa shape index (κ2) is 5.24. The Hall–Kier alpha value is -1.14. The lowest BCUT2D eigenvalue weighted by atomic mass is 9.89. The molecule has 102 valence electrons. The van der Waals surface area contributed by atoms with E-state index in [1.807, 2.05) is 0 Å². The molecule has 0 atom stereocenters. The summed E-state index contributed by atoms with van der Waals surface area (Å²) in [5.74, 6) is -0.726. The highest BCUT2D eigenvalue weighted by Gasteiger charge is 2.39. The molecule has 0 unspecified atom stereocenters. The van der Waals surface area contributed by atoms with Gasteiger partial charge in [0.2, 0.25) is 11.8 Å². The minimum atomic E-state index is -0.561. The Labute approximate surface area is 107 Å². The Kier molecular flexibility index (Phi) is 3.87. The molecule has 0 aromatic rings. The van der Waals surface area contributed by atoms with Crippen molar-refractivity contribution >= 4 is 11.8 Å². The summed E-state index contributed by atoms with van der Waals surface area (Å²) in [6.45, 7) is 3.95. The first-order valence-electron chi connectivity index (χ1n) is 6.39. The Morgan fingerprint density at radius 2 is 1.94 bits per heavy atom. The van der Waals surface area contributed by atoms with E-state index in [-0.39, 0.29) is 17.9 Å². The van der Waals surface area contributed by atoms with Gasteiger partial charge in [0.1, 0.15) is 6.42 Å². The number of hydrogen-bond acceptors (Lipinski definition) is 4. The molecule has 0 aromatic heterocycles. The number of morpholine rings is 1. The van der Waals surface area contributed by atoms with Crippen LogP contribution in [0.4, 0.5) is 0 Å². The molecule has 2 N–H and O–H groups in total. The number of carbonyl (C=O) groups excluding carboxylic acids is 2. The molecule has 18 heavy (non-hydrogen) atoms. The van der Waals surface area contributed by atoms with Crippen molar-refractivity contribution in [2.24, 2.45) is 5.73 Å². The maximum atomic E-state index is 11.7. The van der Waals surface area contributed by atoms with Gasteiger partial charge in [-0.2, -0.15) is 0 Å². The summed E-state index contributed by atoms with van der Waals surface area (Å²) < 4.78 is 5.91. The monoisotopic (exact) mass is 255 g/mol. The average molecular weight is 255 g/mol. The van der Waals surface area contributed by atoms with Crippen molar-refractivity contribution < 1.29 is 14.3 Å². The van der Waals surface area contributed by atoms with Crippen LogP contribution >= 0.6 is 0 Å². The Morgan fingerprint density at radius 3 is 2.50 bits per heavy atom. The zero-order chi connectivity index (χ0) is 13.2. The molecule has 2 fully saturated rings. The first kappa shape index (κ1) is 13.3. The molecule has 6 nitrogen and oxygen atoms in total. The summed E-state index contributed by atoms with van der Waals surface area (Å²) in [6.07, 6.45) is 1.48. The number of rotatable bonds is 2. The number of amides is 2. The second-order valence-corrected chi connectivity index (χ2v) is 5.29. The topological polar surface area (TPSA) is 75.9 Å². The third-order valence-corrected chi connectivity index (χ3v) is 3.79. The third-order valence-electron chi connectivity index (χ3n) is 3.79. The molecule has 6 heteroatoms. The SMILES string of the molecule is CN1CCOC2(CCN(C(=O)CC(N)=O)CC2)C1. The summed E-state index contributed by atoms with van der Waals surface area (Å²) in [7, 11) is 2.09. The second-order valence-electron chi connectivity index (χ2n) is 5.29. The van der Waals surface area contributed by atoms with Crippen LogP contribution in [0.1, 0.15) is 19.3 Å². The number of primary amides is 1. The first-order valence-corrected chi connectivity index (χ1v) is 6.39. The van der Waals surface area contributed by atoms with Gasteiger partial charge in [0.25, 0.3) is 0 Å². The van der Waals surface area contributed by atoms with Crippen molar-refractivity contribution in [1.82, 2.24) is 9.80 Å². The van der Waals surface area contributed by atoms with E-state index in [1.54, 1.807) is 4.90 Å². The molecule has 2 amide bonds. The van der Waals surface area contributed by atoms with Gasteiger partial charge < -0.3 is 20.3 Å². The Bertz CT molecular complexity index is 337.